The number of halogens is 1. The number of carbonyl (C=O) groups excluding carboxylic acids is 1. The topological polar surface area (TPSA) is 277 Å². The van der Waals surface area contributed by atoms with Crippen molar-refractivity contribution in [2.24, 2.45) is 17.2 Å². The van der Waals surface area contributed by atoms with E-state index < -0.39 is 54.5 Å². The molecule has 8 unspecified atom stereocenters. The minimum absolute atomic E-state index is 0.00560. The van der Waals surface area contributed by atoms with E-state index >= 15 is 0 Å². The fourth-order valence-corrected chi connectivity index (χ4v) is 5.53. The lowest BCUT2D eigenvalue weighted by Gasteiger charge is -2.43. The fraction of sp³-hybridized carbons (Fsp3) is 0.964. The van der Waals surface area contributed by atoms with Gasteiger partial charge in [-0.05, 0) is 36.6 Å². The van der Waals surface area contributed by atoms with Crippen LogP contribution in [0.1, 0.15) is 65.2 Å². The molecule has 4 rings (SSSR count). The van der Waals surface area contributed by atoms with E-state index in [-0.39, 0.29) is 56.7 Å². The van der Waals surface area contributed by atoms with Crippen molar-refractivity contribution in [3.05, 3.63) is 0 Å². The van der Waals surface area contributed by atoms with E-state index in [4.69, 9.17) is 47.1 Å². The van der Waals surface area contributed by atoms with E-state index in [1.165, 1.54) is 0 Å². The molecule has 0 radical (unpaired) electrons. The first-order chi connectivity index (χ1) is 21.4. The Hall–Kier alpha value is -1.16. The highest BCUT2D eigenvalue weighted by atomic mass is 19.3. The Morgan fingerprint density at radius 3 is 2.31 bits per heavy atom. The number of nitrogens with one attached hydrogen (secondary N) is 2. The maximum atomic E-state index is 12.3. The standard InChI is InChI=1S/C20H39N5O6.C5H9FO4.C2H6.CH4O/c21-11-6-20(29,7-11)19(28)25-13-4-15(23)18(16(27)5-13)31-17-3-1-2-14(30-17)9-24-8-12(22)10-26;6-10-5-4(8)1-3(7)2-9-5;2*1-2/h11-18,24,26-27,29H,1-10,21-23H2,(H,25,28);3-5,7-8H,1-2H2;1-2H3;2H,1H3/t11?,12?,13?,14?,15?,16?,17-,18-,20?;;;/m1.../s1. The summed E-state index contributed by atoms with van der Waals surface area (Å²) in [6.07, 6.45) is -1.12. The molecular weight excluding hydrogens is 601 g/mol. The summed E-state index contributed by atoms with van der Waals surface area (Å²) in [5.74, 6) is -0.454. The predicted octanol–water partition coefficient (Wildman–Crippen LogP) is -3.01. The van der Waals surface area contributed by atoms with Crippen molar-refractivity contribution < 1.29 is 59.1 Å². The Bertz CT molecular complexity index is 792. The first kappa shape index (κ1) is 41.9. The average molecular weight is 660 g/mol. The minimum atomic E-state index is -1.41. The van der Waals surface area contributed by atoms with Crippen molar-refractivity contribution in [3.8, 4) is 0 Å². The van der Waals surface area contributed by atoms with Gasteiger partial charge in [-0.15, -0.1) is 0 Å². The van der Waals surface area contributed by atoms with E-state index in [0.717, 1.165) is 26.4 Å². The largest absolute Gasteiger partial charge is 0.400 e. The van der Waals surface area contributed by atoms with Gasteiger partial charge >= 0.3 is 0 Å². The molecular formula is C28H58FN5O11. The number of aliphatic hydroxyl groups is 6. The molecule has 0 aromatic rings. The van der Waals surface area contributed by atoms with Gasteiger partial charge in [-0.1, -0.05) is 13.8 Å². The Morgan fingerprint density at radius 2 is 1.76 bits per heavy atom. The summed E-state index contributed by atoms with van der Waals surface area (Å²) in [6.45, 7) is 5.04. The normalized spacial score (nSPS) is 38.4. The van der Waals surface area contributed by atoms with Crippen LogP contribution in [0.3, 0.4) is 0 Å². The van der Waals surface area contributed by atoms with Crippen molar-refractivity contribution in [2.45, 2.75) is 138 Å². The van der Waals surface area contributed by atoms with Crippen LogP contribution in [-0.2, 0) is 23.9 Å². The van der Waals surface area contributed by atoms with Gasteiger partial charge in [0.1, 0.15) is 17.8 Å². The third-order valence-electron chi connectivity index (χ3n) is 7.84. The van der Waals surface area contributed by atoms with Gasteiger partial charge < -0.3 is 72.7 Å². The van der Waals surface area contributed by atoms with Crippen molar-refractivity contribution in [3.63, 3.8) is 0 Å². The summed E-state index contributed by atoms with van der Waals surface area (Å²) in [6, 6.07) is -1.27. The number of hydrogen-bond donors (Lipinski definition) is 11. The van der Waals surface area contributed by atoms with E-state index in [9.17, 15) is 19.5 Å². The molecule has 0 aromatic heterocycles. The van der Waals surface area contributed by atoms with Crippen molar-refractivity contribution in [1.82, 2.24) is 10.6 Å². The summed E-state index contributed by atoms with van der Waals surface area (Å²) < 4.78 is 28.0. The summed E-state index contributed by atoms with van der Waals surface area (Å²) in [4.78, 5) is 15.6. The molecule has 2 aliphatic carbocycles. The van der Waals surface area contributed by atoms with Crippen LogP contribution < -0.4 is 27.8 Å². The lowest BCUT2D eigenvalue weighted by molar-refractivity contribution is -0.324. The maximum absolute atomic E-state index is 12.3. The second-order valence-electron chi connectivity index (χ2n) is 11.6. The van der Waals surface area contributed by atoms with Crippen LogP contribution in [0, 0.1) is 0 Å². The molecule has 17 heteroatoms. The Balaban J connectivity index is 0.000000605. The van der Waals surface area contributed by atoms with Crippen LogP contribution in [0.2, 0.25) is 0 Å². The monoisotopic (exact) mass is 659 g/mol. The summed E-state index contributed by atoms with van der Waals surface area (Å²) in [5, 5.41) is 60.6. The number of nitrogens with two attached hydrogens (primary N) is 3. The minimum Gasteiger partial charge on any atom is -0.400 e. The zero-order valence-electron chi connectivity index (χ0n) is 26.7. The smallest absolute Gasteiger partial charge is 0.252 e. The van der Waals surface area contributed by atoms with Gasteiger partial charge in [-0.2, -0.15) is 4.94 Å². The third kappa shape index (κ3) is 13.8. The van der Waals surface area contributed by atoms with Crippen LogP contribution in [0.5, 0.6) is 0 Å². The first-order valence-corrected chi connectivity index (χ1v) is 15.7. The number of aliphatic hydroxyl groups excluding tert-OH is 5. The van der Waals surface area contributed by atoms with Crippen molar-refractivity contribution in [1.29, 1.82) is 0 Å². The summed E-state index contributed by atoms with van der Waals surface area (Å²) in [7, 11) is 1.00. The van der Waals surface area contributed by atoms with Gasteiger partial charge in [0.15, 0.2) is 6.29 Å². The number of rotatable bonds is 10. The van der Waals surface area contributed by atoms with E-state index in [1.54, 1.807) is 0 Å². The van der Waals surface area contributed by atoms with Gasteiger partial charge in [0.05, 0.1) is 31.5 Å². The highest BCUT2D eigenvalue weighted by Crippen LogP contribution is 2.32. The molecule has 2 saturated heterocycles. The van der Waals surface area contributed by atoms with Crippen molar-refractivity contribution >= 4 is 5.91 Å². The molecule has 0 bridgehead atoms. The van der Waals surface area contributed by atoms with Crippen LogP contribution in [0.15, 0.2) is 0 Å². The van der Waals surface area contributed by atoms with Crippen LogP contribution >= 0.6 is 0 Å². The lowest BCUT2D eigenvalue weighted by atomic mass is 9.75. The van der Waals surface area contributed by atoms with Gasteiger partial charge in [-0.25, -0.2) is 0 Å². The predicted molar refractivity (Wildman–Crippen MR) is 161 cm³/mol. The highest BCUT2D eigenvalue weighted by Gasteiger charge is 2.48. The number of carbonyl (C=O) groups is 1. The van der Waals surface area contributed by atoms with E-state index in [0.29, 0.717) is 25.9 Å². The molecule has 4 aliphatic rings. The zero-order chi connectivity index (χ0) is 34.2. The fourth-order valence-electron chi connectivity index (χ4n) is 5.53. The molecule has 1 amide bonds. The molecule has 4 fully saturated rings. The molecule has 2 saturated carbocycles. The Kier molecular flexibility index (Phi) is 20.2. The maximum Gasteiger partial charge on any atom is 0.252 e. The molecule has 10 atom stereocenters. The van der Waals surface area contributed by atoms with Crippen LogP contribution in [-0.4, -0.2) is 143 Å². The molecule has 2 aliphatic heterocycles. The average Bonchev–Trinajstić information content (AvgIpc) is 3.01. The summed E-state index contributed by atoms with van der Waals surface area (Å²) >= 11 is 0. The van der Waals surface area contributed by atoms with Gasteiger partial charge in [0.2, 0.25) is 6.29 Å². The summed E-state index contributed by atoms with van der Waals surface area (Å²) in [5.41, 5.74) is 16.2. The second kappa shape index (κ2) is 21.7. The molecule has 2 heterocycles. The van der Waals surface area contributed by atoms with Gasteiger partial charge in [-0.3, -0.25) is 4.79 Å². The molecule has 0 spiro atoms. The lowest BCUT2D eigenvalue weighted by Crippen LogP contribution is -2.63. The molecule has 0 aromatic carbocycles. The first-order valence-electron chi connectivity index (χ1n) is 15.7. The molecule has 268 valence electrons. The molecule has 16 nitrogen and oxygen atoms in total. The third-order valence-corrected chi connectivity index (χ3v) is 7.84. The number of amides is 1. The van der Waals surface area contributed by atoms with Crippen LogP contribution in [0.4, 0.5) is 4.53 Å². The SMILES string of the molecule is CC.CO.NC(CO)CNCC1CCC[C@@H](O[C@@H]2C(N)CC(NC(=O)C3(O)CC(N)C3)CC2O)O1.OC1COC(OF)C(O)C1. The number of hydrogen-bond acceptors (Lipinski definition) is 15. The molecule has 45 heavy (non-hydrogen) atoms. The molecule has 14 N–H and O–H groups in total. The van der Waals surface area contributed by atoms with Crippen LogP contribution in [0.25, 0.3) is 0 Å². The highest BCUT2D eigenvalue weighted by molar-refractivity contribution is 5.86. The van der Waals surface area contributed by atoms with Gasteiger partial charge in [0.25, 0.3) is 5.91 Å². The van der Waals surface area contributed by atoms with E-state index in [1.807, 2.05) is 13.8 Å². The zero-order valence-corrected chi connectivity index (χ0v) is 26.7. The quantitative estimate of drug-likeness (QED) is 0.111. The van der Waals surface area contributed by atoms with Gasteiger partial charge in [0, 0.05) is 63.6 Å². The Labute approximate surface area is 264 Å². The Morgan fingerprint density at radius 1 is 1.09 bits per heavy atom. The van der Waals surface area contributed by atoms with Crippen molar-refractivity contribution in [2.75, 3.05) is 33.4 Å². The number of ether oxygens (including phenoxy) is 3. The van der Waals surface area contributed by atoms with E-state index in [2.05, 4.69) is 20.3 Å². The second-order valence-corrected chi connectivity index (χ2v) is 11.6.